The van der Waals surface area contributed by atoms with Gasteiger partial charge in [0.25, 0.3) is 5.91 Å². The van der Waals surface area contributed by atoms with E-state index in [1.165, 1.54) is 32.1 Å². The molecule has 1 aliphatic heterocycles. The lowest BCUT2D eigenvalue weighted by atomic mass is 9.86. The van der Waals surface area contributed by atoms with Crippen LogP contribution in [0, 0.1) is 5.92 Å². The Hall–Kier alpha value is -2.24. The van der Waals surface area contributed by atoms with Gasteiger partial charge >= 0.3 is 0 Å². The number of nitrogens with one attached hydrogen (secondary N) is 2. The van der Waals surface area contributed by atoms with Crippen molar-refractivity contribution in [3.63, 3.8) is 0 Å². The van der Waals surface area contributed by atoms with Crippen LogP contribution in [-0.4, -0.2) is 18.6 Å². The molecule has 23 heavy (non-hydrogen) atoms. The number of benzene rings is 1. The summed E-state index contributed by atoms with van der Waals surface area (Å²) in [5.41, 5.74) is 5.34. The van der Waals surface area contributed by atoms with Crippen molar-refractivity contribution in [2.45, 2.75) is 44.9 Å². The molecule has 1 saturated carbocycles. The highest BCUT2D eigenvalue weighted by molar-refractivity contribution is 5.96. The van der Waals surface area contributed by atoms with E-state index in [-0.39, 0.29) is 18.6 Å². The summed E-state index contributed by atoms with van der Waals surface area (Å²) in [4.78, 5) is 23.9. The van der Waals surface area contributed by atoms with Crippen molar-refractivity contribution in [1.82, 2.24) is 10.9 Å². The molecule has 0 bridgehead atoms. The van der Waals surface area contributed by atoms with Gasteiger partial charge in [0.15, 0.2) is 11.5 Å². The molecule has 1 fully saturated rings. The molecule has 0 saturated heterocycles. The van der Waals surface area contributed by atoms with Gasteiger partial charge in [-0.1, -0.05) is 32.1 Å². The average molecular weight is 318 g/mol. The number of hydrogen-bond donors (Lipinski definition) is 2. The fourth-order valence-corrected chi connectivity index (χ4v) is 3.11. The summed E-state index contributed by atoms with van der Waals surface area (Å²) in [6.07, 6.45) is 7.64. The number of amides is 2. The molecule has 2 aliphatic rings. The van der Waals surface area contributed by atoms with Crippen LogP contribution >= 0.6 is 0 Å². The lowest BCUT2D eigenvalue weighted by molar-refractivity contribution is -0.122. The topological polar surface area (TPSA) is 76.7 Å². The first-order chi connectivity index (χ1) is 11.2. The number of carbonyl (C=O) groups excluding carboxylic acids is 2. The lowest BCUT2D eigenvalue weighted by Crippen LogP contribution is -2.41. The first kappa shape index (κ1) is 15.6. The fourth-order valence-electron chi connectivity index (χ4n) is 3.11. The quantitative estimate of drug-likeness (QED) is 0.836. The van der Waals surface area contributed by atoms with E-state index in [1.807, 2.05) is 0 Å². The van der Waals surface area contributed by atoms with Crippen LogP contribution in [0.3, 0.4) is 0 Å². The van der Waals surface area contributed by atoms with Crippen molar-refractivity contribution in [2.75, 3.05) is 6.79 Å². The molecule has 0 unspecified atom stereocenters. The molecule has 1 aromatic carbocycles. The molecule has 1 heterocycles. The predicted molar refractivity (Wildman–Crippen MR) is 84.0 cm³/mol. The Kier molecular flexibility index (Phi) is 5.00. The third-order valence-electron chi connectivity index (χ3n) is 4.45. The number of fused-ring (bicyclic) bond motifs is 1. The third kappa shape index (κ3) is 4.15. The van der Waals surface area contributed by atoms with Crippen molar-refractivity contribution < 1.29 is 19.1 Å². The summed E-state index contributed by atoms with van der Waals surface area (Å²) in [5.74, 6) is 1.30. The van der Waals surface area contributed by atoms with Crippen molar-refractivity contribution in [2.24, 2.45) is 5.92 Å². The lowest BCUT2D eigenvalue weighted by Gasteiger charge is -2.21. The minimum Gasteiger partial charge on any atom is -0.454 e. The molecule has 1 aromatic rings. The highest BCUT2D eigenvalue weighted by atomic mass is 16.7. The summed E-state index contributed by atoms with van der Waals surface area (Å²) >= 11 is 0. The number of ether oxygens (including phenoxy) is 2. The average Bonchev–Trinajstić information content (AvgIpc) is 3.06. The van der Waals surface area contributed by atoms with E-state index in [0.717, 1.165) is 6.42 Å². The van der Waals surface area contributed by atoms with E-state index in [4.69, 9.17) is 9.47 Å². The van der Waals surface area contributed by atoms with E-state index < -0.39 is 0 Å². The van der Waals surface area contributed by atoms with E-state index in [9.17, 15) is 9.59 Å². The predicted octanol–water partition coefficient (Wildman–Crippen LogP) is 2.54. The SMILES string of the molecule is O=C(CCC1CCCCC1)NNC(=O)c1ccc2c(c1)OCO2. The Morgan fingerprint density at radius 3 is 2.65 bits per heavy atom. The third-order valence-corrected chi connectivity index (χ3v) is 4.45. The standard InChI is InChI=1S/C17H22N2O4/c20-16(9-6-12-4-2-1-3-5-12)18-19-17(21)13-7-8-14-15(10-13)23-11-22-14/h7-8,10,12H,1-6,9,11H2,(H,18,20)(H,19,21). The van der Waals surface area contributed by atoms with Gasteiger partial charge in [-0.15, -0.1) is 0 Å². The molecule has 1 aliphatic carbocycles. The molecular weight excluding hydrogens is 296 g/mol. The fraction of sp³-hybridized carbons (Fsp3) is 0.529. The highest BCUT2D eigenvalue weighted by Gasteiger charge is 2.17. The van der Waals surface area contributed by atoms with Crippen molar-refractivity contribution in [3.05, 3.63) is 23.8 Å². The first-order valence-electron chi connectivity index (χ1n) is 8.21. The second-order valence-electron chi connectivity index (χ2n) is 6.11. The van der Waals surface area contributed by atoms with Gasteiger partial charge in [0.1, 0.15) is 0 Å². The molecule has 124 valence electrons. The van der Waals surface area contributed by atoms with Crippen LogP contribution in [0.25, 0.3) is 0 Å². The molecule has 0 aromatic heterocycles. The molecule has 3 rings (SSSR count). The Labute approximate surface area is 135 Å². The Bertz CT molecular complexity index is 582. The zero-order valence-electron chi connectivity index (χ0n) is 13.1. The largest absolute Gasteiger partial charge is 0.454 e. The number of rotatable bonds is 4. The van der Waals surface area contributed by atoms with Gasteiger partial charge in [0, 0.05) is 12.0 Å². The van der Waals surface area contributed by atoms with Crippen molar-refractivity contribution >= 4 is 11.8 Å². The maximum absolute atomic E-state index is 12.0. The van der Waals surface area contributed by atoms with E-state index in [2.05, 4.69) is 10.9 Å². The first-order valence-corrected chi connectivity index (χ1v) is 8.21. The van der Waals surface area contributed by atoms with Gasteiger partial charge in [0.2, 0.25) is 12.7 Å². The van der Waals surface area contributed by atoms with Crippen LogP contribution in [0.5, 0.6) is 11.5 Å². The van der Waals surface area contributed by atoms with Gasteiger partial charge < -0.3 is 9.47 Å². The van der Waals surface area contributed by atoms with Gasteiger partial charge in [-0.3, -0.25) is 20.4 Å². The zero-order valence-corrected chi connectivity index (χ0v) is 13.1. The minimum atomic E-state index is -0.366. The van der Waals surface area contributed by atoms with E-state index in [0.29, 0.717) is 29.4 Å². The van der Waals surface area contributed by atoms with Crippen molar-refractivity contribution in [1.29, 1.82) is 0 Å². The summed E-state index contributed by atoms with van der Waals surface area (Å²) < 4.78 is 10.4. The Balaban J connectivity index is 1.42. The molecule has 2 amide bonds. The molecule has 0 spiro atoms. The molecule has 6 heteroatoms. The molecule has 0 radical (unpaired) electrons. The van der Waals surface area contributed by atoms with Crippen LogP contribution in [-0.2, 0) is 4.79 Å². The monoisotopic (exact) mass is 318 g/mol. The number of carbonyl (C=O) groups is 2. The molecule has 6 nitrogen and oxygen atoms in total. The maximum atomic E-state index is 12.0. The van der Waals surface area contributed by atoms with Gasteiger partial charge in [-0.25, -0.2) is 0 Å². The van der Waals surface area contributed by atoms with Crippen LogP contribution < -0.4 is 20.3 Å². The van der Waals surface area contributed by atoms with Crippen LogP contribution in [0.2, 0.25) is 0 Å². The smallest absolute Gasteiger partial charge is 0.269 e. The molecular formula is C17H22N2O4. The van der Waals surface area contributed by atoms with Gasteiger partial charge in [-0.05, 0) is 30.5 Å². The summed E-state index contributed by atoms with van der Waals surface area (Å²) in [6, 6.07) is 4.92. The van der Waals surface area contributed by atoms with Gasteiger partial charge in [0.05, 0.1) is 0 Å². The van der Waals surface area contributed by atoms with E-state index in [1.54, 1.807) is 18.2 Å². The summed E-state index contributed by atoms with van der Waals surface area (Å²) in [7, 11) is 0. The second kappa shape index (κ2) is 7.35. The molecule has 0 atom stereocenters. The van der Waals surface area contributed by atoms with Crippen LogP contribution in [0.1, 0.15) is 55.3 Å². The number of hydrazine groups is 1. The van der Waals surface area contributed by atoms with Crippen LogP contribution in [0.15, 0.2) is 18.2 Å². The summed E-state index contributed by atoms with van der Waals surface area (Å²) in [6.45, 7) is 0.165. The maximum Gasteiger partial charge on any atom is 0.269 e. The summed E-state index contributed by atoms with van der Waals surface area (Å²) in [5, 5.41) is 0. The highest BCUT2D eigenvalue weighted by Crippen LogP contribution is 2.32. The Morgan fingerprint density at radius 1 is 1.04 bits per heavy atom. The van der Waals surface area contributed by atoms with Crippen LogP contribution in [0.4, 0.5) is 0 Å². The van der Waals surface area contributed by atoms with E-state index >= 15 is 0 Å². The molecule has 2 N–H and O–H groups in total. The number of hydrogen-bond acceptors (Lipinski definition) is 4. The minimum absolute atomic E-state index is 0.148. The van der Waals surface area contributed by atoms with Gasteiger partial charge in [-0.2, -0.15) is 0 Å². The second-order valence-corrected chi connectivity index (χ2v) is 6.11. The Morgan fingerprint density at radius 2 is 1.83 bits per heavy atom. The zero-order chi connectivity index (χ0) is 16.1. The normalized spacial score (nSPS) is 16.9. The van der Waals surface area contributed by atoms with Crippen molar-refractivity contribution in [3.8, 4) is 11.5 Å².